The number of carbonyl (C=O) groups excluding carboxylic acids is 1. The van der Waals surface area contributed by atoms with Crippen LogP contribution in [-0.2, 0) is 4.79 Å². The lowest BCUT2D eigenvalue weighted by Crippen LogP contribution is -2.37. The van der Waals surface area contributed by atoms with Gasteiger partial charge in [-0.25, -0.2) is 0 Å². The van der Waals surface area contributed by atoms with Crippen LogP contribution in [0, 0.1) is 5.92 Å². The fourth-order valence-electron chi connectivity index (χ4n) is 1.96. The Morgan fingerprint density at radius 2 is 1.57 bits per heavy atom. The Bertz CT molecular complexity index is 540. The SMILES string of the molecule is O=C(CCC(CCC(F)(F)C(F)(F)F)C(=O)O)c1ccccc1. The van der Waals surface area contributed by atoms with Gasteiger partial charge in [0.05, 0.1) is 5.92 Å². The lowest BCUT2D eigenvalue weighted by atomic mass is 9.93. The van der Waals surface area contributed by atoms with Crippen LogP contribution in [0.3, 0.4) is 0 Å². The van der Waals surface area contributed by atoms with E-state index in [9.17, 15) is 31.5 Å². The predicted molar refractivity (Wildman–Crippen MR) is 71.4 cm³/mol. The number of carboxylic acids is 1. The maximum atomic E-state index is 12.8. The van der Waals surface area contributed by atoms with Gasteiger partial charge in [0.2, 0.25) is 0 Å². The van der Waals surface area contributed by atoms with Crippen molar-refractivity contribution in [2.75, 3.05) is 0 Å². The molecule has 0 aromatic heterocycles. The Morgan fingerprint density at radius 3 is 2.04 bits per heavy atom. The average Bonchev–Trinajstić information content (AvgIpc) is 2.46. The molecule has 128 valence electrons. The summed E-state index contributed by atoms with van der Waals surface area (Å²) in [7, 11) is 0. The van der Waals surface area contributed by atoms with Crippen molar-refractivity contribution in [2.45, 2.75) is 37.8 Å². The molecule has 23 heavy (non-hydrogen) atoms. The van der Waals surface area contributed by atoms with Gasteiger partial charge < -0.3 is 5.11 Å². The molecule has 0 aliphatic carbocycles. The van der Waals surface area contributed by atoms with E-state index in [2.05, 4.69) is 0 Å². The standard InChI is InChI=1S/C15H15F5O3/c16-14(17,15(18,19)20)9-8-11(13(22)23)6-7-12(21)10-4-2-1-3-5-10/h1-5,11H,6-9H2,(H,22,23). The van der Waals surface area contributed by atoms with Gasteiger partial charge in [0.1, 0.15) is 0 Å². The van der Waals surface area contributed by atoms with Crippen molar-refractivity contribution in [3.63, 3.8) is 0 Å². The molecule has 1 N–H and O–H groups in total. The van der Waals surface area contributed by atoms with E-state index in [0.717, 1.165) is 0 Å². The first kappa shape index (κ1) is 19.1. The second-order valence-corrected chi connectivity index (χ2v) is 5.10. The van der Waals surface area contributed by atoms with E-state index in [4.69, 9.17) is 5.11 Å². The number of Topliss-reactive ketones (excluding diaryl/α,β-unsaturated/α-hetero) is 1. The van der Waals surface area contributed by atoms with Crippen molar-refractivity contribution in [1.82, 2.24) is 0 Å². The Kier molecular flexibility index (Phi) is 6.23. The van der Waals surface area contributed by atoms with Crippen molar-refractivity contribution in [3.8, 4) is 0 Å². The zero-order chi connectivity index (χ0) is 17.7. The van der Waals surface area contributed by atoms with Crippen LogP contribution < -0.4 is 0 Å². The maximum Gasteiger partial charge on any atom is 0.453 e. The molecule has 0 saturated heterocycles. The molecule has 0 amide bonds. The summed E-state index contributed by atoms with van der Waals surface area (Å²) in [6, 6.07) is 7.90. The Balaban J connectivity index is 2.60. The predicted octanol–water partition coefficient (Wildman–Crippen LogP) is 4.33. The minimum atomic E-state index is -5.71. The number of carbonyl (C=O) groups is 2. The number of hydrogen-bond donors (Lipinski definition) is 1. The third-order valence-electron chi connectivity index (χ3n) is 3.39. The zero-order valence-electron chi connectivity index (χ0n) is 11.9. The fourth-order valence-corrected chi connectivity index (χ4v) is 1.96. The number of rotatable bonds is 8. The third-order valence-corrected chi connectivity index (χ3v) is 3.39. The van der Waals surface area contributed by atoms with Crippen LogP contribution in [0.15, 0.2) is 30.3 Å². The van der Waals surface area contributed by atoms with Crippen LogP contribution in [0.1, 0.15) is 36.0 Å². The second-order valence-electron chi connectivity index (χ2n) is 5.10. The number of halogens is 5. The molecule has 8 heteroatoms. The van der Waals surface area contributed by atoms with Crippen molar-refractivity contribution in [3.05, 3.63) is 35.9 Å². The summed E-state index contributed by atoms with van der Waals surface area (Å²) in [6.07, 6.45) is -8.72. The van der Waals surface area contributed by atoms with Crippen molar-refractivity contribution >= 4 is 11.8 Å². The molecule has 0 bridgehead atoms. The van der Waals surface area contributed by atoms with Crippen LogP contribution in [0.5, 0.6) is 0 Å². The zero-order valence-corrected chi connectivity index (χ0v) is 11.9. The summed E-state index contributed by atoms with van der Waals surface area (Å²) in [5.41, 5.74) is 0.331. The Hall–Kier alpha value is -1.99. The molecule has 1 aromatic rings. The summed E-state index contributed by atoms with van der Waals surface area (Å²) in [4.78, 5) is 22.8. The quantitative estimate of drug-likeness (QED) is 0.567. The number of ketones is 1. The normalized spacial score (nSPS) is 13.6. The van der Waals surface area contributed by atoms with Crippen molar-refractivity contribution in [1.29, 1.82) is 0 Å². The third kappa shape index (κ3) is 5.61. The molecule has 0 spiro atoms. The highest BCUT2D eigenvalue weighted by atomic mass is 19.4. The maximum absolute atomic E-state index is 12.8. The van der Waals surface area contributed by atoms with Gasteiger partial charge in [0, 0.05) is 18.4 Å². The lowest BCUT2D eigenvalue weighted by Gasteiger charge is -2.21. The molecule has 1 aromatic carbocycles. The fraction of sp³-hybridized carbons (Fsp3) is 0.467. The average molecular weight is 338 g/mol. The molecule has 1 rings (SSSR count). The minimum Gasteiger partial charge on any atom is -0.481 e. The van der Waals surface area contributed by atoms with Gasteiger partial charge in [0.25, 0.3) is 0 Å². The van der Waals surface area contributed by atoms with Crippen LogP contribution in [-0.4, -0.2) is 29.0 Å². The number of carboxylic acid groups (broad SMARTS) is 1. The molecular weight excluding hydrogens is 323 g/mol. The van der Waals surface area contributed by atoms with Crippen LogP contribution in [0.25, 0.3) is 0 Å². The number of hydrogen-bond acceptors (Lipinski definition) is 2. The van der Waals surface area contributed by atoms with Crippen molar-refractivity contribution in [2.24, 2.45) is 5.92 Å². The van der Waals surface area contributed by atoms with Crippen LogP contribution in [0.2, 0.25) is 0 Å². The summed E-state index contributed by atoms with van der Waals surface area (Å²) in [6.45, 7) is 0. The lowest BCUT2D eigenvalue weighted by molar-refractivity contribution is -0.285. The summed E-state index contributed by atoms with van der Waals surface area (Å²) in [5.74, 6) is -8.26. The largest absolute Gasteiger partial charge is 0.481 e. The van der Waals surface area contributed by atoms with Gasteiger partial charge in [-0.2, -0.15) is 22.0 Å². The van der Waals surface area contributed by atoms with E-state index in [0.29, 0.717) is 5.56 Å². The molecule has 0 saturated carbocycles. The van der Waals surface area contributed by atoms with Crippen molar-refractivity contribution < 1.29 is 36.6 Å². The molecule has 3 nitrogen and oxygen atoms in total. The highest BCUT2D eigenvalue weighted by Gasteiger charge is 2.56. The number of aliphatic carboxylic acids is 1. The smallest absolute Gasteiger partial charge is 0.453 e. The van der Waals surface area contributed by atoms with Crippen LogP contribution in [0.4, 0.5) is 22.0 Å². The van der Waals surface area contributed by atoms with E-state index in [1.54, 1.807) is 18.2 Å². The summed E-state index contributed by atoms with van der Waals surface area (Å²) in [5, 5.41) is 8.92. The van der Waals surface area contributed by atoms with Gasteiger partial charge in [-0.15, -0.1) is 0 Å². The van der Waals surface area contributed by atoms with Gasteiger partial charge in [-0.05, 0) is 12.8 Å². The van der Waals surface area contributed by atoms with E-state index in [-0.39, 0.29) is 18.6 Å². The molecule has 0 fully saturated rings. The minimum absolute atomic E-state index is 0.238. The Morgan fingerprint density at radius 1 is 1.00 bits per heavy atom. The van der Waals surface area contributed by atoms with Gasteiger partial charge >= 0.3 is 18.1 Å². The van der Waals surface area contributed by atoms with Gasteiger partial charge in [-0.1, -0.05) is 30.3 Å². The molecule has 0 heterocycles. The molecule has 0 radical (unpaired) electrons. The second kappa shape index (κ2) is 7.52. The molecule has 1 atom stereocenters. The van der Waals surface area contributed by atoms with E-state index in [1.807, 2.05) is 0 Å². The van der Waals surface area contributed by atoms with E-state index in [1.165, 1.54) is 12.1 Å². The van der Waals surface area contributed by atoms with E-state index < -0.39 is 36.8 Å². The summed E-state index contributed by atoms with van der Waals surface area (Å²) < 4.78 is 61.9. The Labute approximate surface area is 129 Å². The number of benzene rings is 1. The molecule has 0 aliphatic heterocycles. The first-order valence-corrected chi connectivity index (χ1v) is 6.80. The highest BCUT2D eigenvalue weighted by Crippen LogP contribution is 2.40. The first-order chi connectivity index (χ1) is 10.5. The number of alkyl halides is 5. The highest BCUT2D eigenvalue weighted by molar-refractivity contribution is 5.96. The summed E-state index contributed by atoms with van der Waals surface area (Å²) >= 11 is 0. The topological polar surface area (TPSA) is 54.4 Å². The first-order valence-electron chi connectivity index (χ1n) is 6.80. The van der Waals surface area contributed by atoms with Gasteiger partial charge in [-0.3, -0.25) is 9.59 Å². The monoisotopic (exact) mass is 338 g/mol. The van der Waals surface area contributed by atoms with Gasteiger partial charge in [0.15, 0.2) is 5.78 Å². The molecule has 0 aliphatic rings. The molecule has 1 unspecified atom stereocenters. The van der Waals surface area contributed by atoms with E-state index >= 15 is 0 Å². The molecular formula is C15H15F5O3. The van der Waals surface area contributed by atoms with Crippen LogP contribution >= 0.6 is 0 Å².